The van der Waals surface area contributed by atoms with Gasteiger partial charge in [0.2, 0.25) is 0 Å². The summed E-state index contributed by atoms with van der Waals surface area (Å²) in [6.07, 6.45) is 6.74. The third kappa shape index (κ3) is 3.07. The van der Waals surface area contributed by atoms with Crippen LogP contribution in [-0.4, -0.2) is 29.7 Å². The van der Waals surface area contributed by atoms with Gasteiger partial charge in [0.1, 0.15) is 16.9 Å². The van der Waals surface area contributed by atoms with Crippen LogP contribution in [0.5, 0.6) is 0 Å². The van der Waals surface area contributed by atoms with Crippen LogP contribution in [0.3, 0.4) is 0 Å². The van der Waals surface area contributed by atoms with E-state index in [1.807, 2.05) is 25.5 Å². The lowest BCUT2D eigenvalue weighted by Crippen LogP contribution is -2.05. The highest BCUT2D eigenvalue weighted by atomic mass is 15.3. The van der Waals surface area contributed by atoms with E-state index >= 15 is 0 Å². The molecule has 6 nitrogen and oxygen atoms in total. The van der Waals surface area contributed by atoms with Crippen molar-refractivity contribution in [2.45, 2.75) is 52.5 Å². The molecule has 0 aliphatic rings. The van der Waals surface area contributed by atoms with E-state index < -0.39 is 0 Å². The van der Waals surface area contributed by atoms with Crippen LogP contribution in [-0.2, 0) is 6.54 Å². The number of H-pyrrole nitrogens is 1. The van der Waals surface area contributed by atoms with Crippen molar-refractivity contribution in [2.24, 2.45) is 0 Å². The Kier molecular flexibility index (Phi) is 4.18. The molecule has 0 spiro atoms. The Hall–Kier alpha value is -2.76. The minimum atomic E-state index is 0.379. The lowest BCUT2D eigenvalue weighted by atomic mass is 9.99. The zero-order chi connectivity index (χ0) is 18.3. The van der Waals surface area contributed by atoms with Crippen LogP contribution in [0, 0.1) is 6.92 Å². The first-order valence-electron chi connectivity index (χ1n) is 9.15. The first kappa shape index (κ1) is 16.7. The third-order valence-electron chi connectivity index (χ3n) is 5.00. The largest absolute Gasteiger partial charge is 0.327 e. The van der Waals surface area contributed by atoms with E-state index in [0.717, 1.165) is 41.0 Å². The summed E-state index contributed by atoms with van der Waals surface area (Å²) in [6, 6.07) is 4.35. The molecule has 6 heteroatoms. The second-order valence-corrected chi connectivity index (χ2v) is 7.34. The van der Waals surface area contributed by atoms with Gasteiger partial charge < -0.3 is 4.98 Å². The van der Waals surface area contributed by atoms with Gasteiger partial charge in [-0.25, -0.2) is 9.97 Å². The number of hydrogen-bond donors (Lipinski definition) is 1. The zero-order valence-corrected chi connectivity index (χ0v) is 15.7. The van der Waals surface area contributed by atoms with E-state index in [1.165, 1.54) is 11.1 Å². The number of nitrogens with zero attached hydrogens (tertiary/aromatic N) is 5. The number of aromatic nitrogens is 6. The number of rotatable bonds is 5. The van der Waals surface area contributed by atoms with Crippen molar-refractivity contribution in [1.82, 2.24) is 29.7 Å². The maximum Gasteiger partial charge on any atom is 0.157 e. The molecular weight excluding hydrogens is 324 g/mol. The summed E-state index contributed by atoms with van der Waals surface area (Å²) in [5.74, 6) is 1.74. The molecule has 134 valence electrons. The molecule has 4 heterocycles. The van der Waals surface area contributed by atoms with Crippen LogP contribution in [0.1, 0.15) is 56.0 Å². The number of fused-ring (bicyclic) bond motifs is 2. The molecule has 0 saturated heterocycles. The van der Waals surface area contributed by atoms with Crippen molar-refractivity contribution in [1.29, 1.82) is 0 Å². The highest BCUT2D eigenvalue weighted by Crippen LogP contribution is 2.24. The summed E-state index contributed by atoms with van der Waals surface area (Å²) in [4.78, 5) is 16.7. The monoisotopic (exact) mass is 348 g/mol. The number of pyridine rings is 2. The number of hydrogen-bond acceptors (Lipinski definition) is 4. The second-order valence-electron chi connectivity index (χ2n) is 7.34. The van der Waals surface area contributed by atoms with Crippen LogP contribution in [0.4, 0.5) is 0 Å². The molecule has 4 aromatic heterocycles. The Morgan fingerprint density at radius 2 is 1.81 bits per heavy atom. The molecule has 0 saturated carbocycles. The van der Waals surface area contributed by atoms with Crippen LogP contribution >= 0.6 is 0 Å². The number of nitrogens with one attached hydrogen (secondary N) is 1. The summed E-state index contributed by atoms with van der Waals surface area (Å²) < 4.78 is 2.06. The molecule has 0 aliphatic heterocycles. The minimum Gasteiger partial charge on any atom is -0.327 e. The molecule has 0 aliphatic carbocycles. The maximum atomic E-state index is 4.54. The molecule has 4 aromatic rings. The maximum absolute atomic E-state index is 4.54. The predicted molar refractivity (Wildman–Crippen MR) is 103 cm³/mol. The van der Waals surface area contributed by atoms with Crippen molar-refractivity contribution in [3.8, 4) is 0 Å². The van der Waals surface area contributed by atoms with Crippen molar-refractivity contribution >= 4 is 22.2 Å². The first-order valence-corrected chi connectivity index (χ1v) is 9.15. The lowest BCUT2D eigenvalue weighted by Gasteiger charge is -2.12. The van der Waals surface area contributed by atoms with Gasteiger partial charge in [-0.2, -0.15) is 5.10 Å². The minimum absolute atomic E-state index is 0.379. The molecule has 1 atom stereocenters. The molecule has 0 radical (unpaired) electrons. The smallest absolute Gasteiger partial charge is 0.157 e. The van der Waals surface area contributed by atoms with E-state index in [9.17, 15) is 0 Å². The van der Waals surface area contributed by atoms with Crippen molar-refractivity contribution in [3.63, 3.8) is 0 Å². The predicted octanol–water partition coefficient (Wildman–Crippen LogP) is 4.33. The topological polar surface area (TPSA) is 72.3 Å². The molecule has 0 aromatic carbocycles. The van der Waals surface area contributed by atoms with Crippen LogP contribution in [0.15, 0.2) is 30.7 Å². The Labute approximate surface area is 152 Å². The Morgan fingerprint density at radius 1 is 1.00 bits per heavy atom. The normalized spacial score (nSPS) is 13.1. The molecule has 0 bridgehead atoms. The molecule has 0 fully saturated rings. The lowest BCUT2D eigenvalue weighted by molar-refractivity contribution is 0.545. The van der Waals surface area contributed by atoms with Gasteiger partial charge in [-0.1, -0.05) is 20.8 Å². The Morgan fingerprint density at radius 3 is 2.62 bits per heavy atom. The Bertz CT molecular complexity index is 1060. The third-order valence-corrected chi connectivity index (χ3v) is 5.00. The van der Waals surface area contributed by atoms with Gasteiger partial charge in [-0.3, -0.25) is 9.67 Å². The van der Waals surface area contributed by atoms with E-state index in [1.54, 1.807) is 0 Å². The summed E-state index contributed by atoms with van der Waals surface area (Å²) in [7, 11) is 0. The SMILES string of the molecule is Cc1nc2cc(C(C)CCn3ncc4ncc(C(C)C)cc43)cnc2[nH]1. The van der Waals surface area contributed by atoms with E-state index in [4.69, 9.17) is 0 Å². The average molecular weight is 348 g/mol. The van der Waals surface area contributed by atoms with Gasteiger partial charge in [0.15, 0.2) is 5.65 Å². The summed E-state index contributed by atoms with van der Waals surface area (Å²) >= 11 is 0. The highest BCUT2D eigenvalue weighted by molar-refractivity contribution is 5.74. The van der Waals surface area contributed by atoms with Crippen LogP contribution in [0.25, 0.3) is 22.2 Å². The number of aryl methyl sites for hydroxylation is 2. The zero-order valence-electron chi connectivity index (χ0n) is 15.7. The molecule has 4 rings (SSSR count). The Balaban J connectivity index is 1.53. The van der Waals surface area contributed by atoms with Gasteiger partial charge in [0.25, 0.3) is 0 Å². The highest BCUT2D eigenvalue weighted by Gasteiger charge is 2.12. The van der Waals surface area contributed by atoms with Crippen molar-refractivity contribution < 1.29 is 0 Å². The van der Waals surface area contributed by atoms with Gasteiger partial charge >= 0.3 is 0 Å². The standard InChI is InChI=1S/C20H24N6/c1-12(2)15-8-19-18(21-9-15)11-23-26(19)6-5-13(3)16-7-17-20(22-10-16)25-14(4)24-17/h7-13H,5-6H2,1-4H3,(H,22,24,25). The molecule has 0 amide bonds. The quantitative estimate of drug-likeness (QED) is 0.583. The fourth-order valence-electron chi connectivity index (χ4n) is 3.25. The van der Waals surface area contributed by atoms with Gasteiger partial charge in [0, 0.05) is 18.9 Å². The summed E-state index contributed by atoms with van der Waals surface area (Å²) in [5, 5.41) is 4.54. The van der Waals surface area contributed by atoms with Crippen LogP contribution < -0.4 is 0 Å². The summed E-state index contributed by atoms with van der Waals surface area (Å²) in [5.41, 5.74) is 6.31. The van der Waals surface area contributed by atoms with E-state index in [0.29, 0.717) is 11.8 Å². The molecule has 1 unspecified atom stereocenters. The van der Waals surface area contributed by atoms with Crippen molar-refractivity contribution in [2.75, 3.05) is 0 Å². The molecular formula is C20H24N6. The van der Waals surface area contributed by atoms with Crippen LogP contribution in [0.2, 0.25) is 0 Å². The average Bonchev–Trinajstić information content (AvgIpc) is 3.20. The first-order chi connectivity index (χ1) is 12.5. The fourth-order valence-corrected chi connectivity index (χ4v) is 3.25. The second kappa shape index (κ2) is 6.52. The van der Waals surface area contributed by atoms with Gasteiger partial charge in [-0.05, 0) is 48.4 Å². The van der Waals surface area contributed by atoms with E-state index in [-0.39, 0.29) is 0 Å². The molecule has 1 N–H and O–H groups in total. The number of imidazole rings is 1. The summed E-state index contributed by atoms with van der Waals surface area (Å²) in [6.45, 7) is 9.40. The van der Waals surface area contributed by atoms with Crippen molar-refractivity contribution in [3.05, 3.63) is 47.7 Å². The van der Waals surface area contributed by atoms with Gasteiger partial charge in [0.05, 0.1) is 11.7 Å². The fraction of sp³-hybridized carbons (Fsp3) is 0.400. The van der Waals surface area contributed by atoms with Gasteiger partial charge in [-0.15, -0.1) is 0 Å². The number of aromatic amines is 1. The van der Waals surface area contributed by atoms with E-state index in [2.05, 4.69) is 62.6 Å². The molecule has 26 heavy (non-hydrogen) atoms.